The molecule has 28 heavy (non-hydrogen) atoms. The quantitative estimate of drug-likeness (QED) is 0.763. The van der Waals surface area contributed by atoms with Crippen molar-refractivity contribution in [2.75, 3.05) is 5.32 Å². The molecule has 2 aromatic carbocycles. The van der Waals surface area contributed by atoms with E-state index in [1.807, 2.05) is 13.8 Å². The molecule has 4 nitrogen and oxygen atoms in total. The minimum Gasteiger partial charge on any atom is -0.347 e. The topological polar surface area (TPSA) is 58.2 Å². The number of carbonyl (C=O) groups excluding carboxylic acids is 2. The molecule has 146 valence electrons. The van der Waals surface area contributed by atoms with E-state index in [9.17, 15) is 14.0 Å². The van der Waals surface area contributed by atoms with Crippen LogP contribution in [0.25, 0.3) is 0 Å². The SMILES string of the molecule is Cc1cc(C(=O)NC23CC([C@@H](C)C(=O)Nc4ccc(F)cc4)(C2)C3)ccc1Cl. The van der Waals surface area contributed by atoms with Gasteiger partial charge in [0.15, 0.2) is 0 Å². The van der Waals surface area contributed by atoms with Crippen LogP contribution in [-0.2, 0) is 4.79 Å². The average Bonchev–Trinajstić information content (AvgIpc) is 2.60. The third-order valence-corrected chi connectivity index (χ3v) is 6.72. The molecule has 0 heterocycles. The van der Waals surface area contributed by atoms with Gasteiger partial charge in [0.1, 0.15) is 5.82 Å². The fourth-order valence-corrected chi connectivity index (χ4v) is 4.74. The van der Waals surface area contributed by atoms with Gasteiger partial charge in [-0.3, -0.25) is 9.59 Å². The maximum Gasteiger partial charge on any atom is 0.251 e. The molecule has 0 aromatic heterocycles. The minimum atomic E-state index is -0.334. The number of nitrogens with one attached hydrogen (secondary N) is 2. The Hall–Kier alpha value is -2.40. The van der Waals surface area contributed by atoms with E-state index in [2.05, 4.69) is 10.6 Å². The van der Waals surface area contributed by atoms with Crippen LogP contribution in [0, 0.1) is 24.1 Å². The first kappa shape index (κ1) is 18.9. The van der Waals surface area contributed by atoms with Gasteiger partial charge in [-0.05, 0) is 79.6 Å². The van der Waals surface area contributed by atoms with Crippen molar-refractivity contribution in [3.05, 3.63) is 64.4 Å². The molecule has 0 radical (unpaired) electrons. The molecule has 3 aliphatic rings. The van der Waals surface area contributed by atoms with Crippen LogP contribution in [0.5, 0.6) is 0 Å². The normalized spacial score (nSPS) is 25.9. The number of anilines is 1. The van der Waals surface area contributed by atoms with Crippen molar-refractivity contribution >= 4 is 29.1 Å². The van der Waals surface area contributed by atoms with E-state index in [1.54, 1.807) is 30.3 Å². The lowest BCUT2D eigenvalue weighted by Crippen LogP contribution is -2.77. The predicted molar refractivity (Wildman–Crippen MR) is 107 cm³/mol. The van der Waals surface area contributed by atoms with Crippen LogP contribution in [-0.4, -0.2) is 17.4 Å². The number of halogens is 2. The first-order chi connectivity index (χ1) is 13.2. The number of hydrogen-bond acceptors (Lipinski definition) is 2. The van der Waals surface area contributed by atoms with Crippen molar-refractivity contribution in [1.82, 2.24) is 5.32 Å². The third kappa shape index (κ3) is 3.18. The molecule has 0 aliphatic heterocycles. The van der Waals surface area contributed by atoms with Gasteiger partial charge in [-0.2, -0.15) is 0 Å². The molecule has 2 bridgehead atoms. The van der Waals surface area contributed by atoms with E-state index in [-0.39, 0.29) is 34.5 Å². The lowest BCUT2D eigenvalue weighted by atomic mass is 9.36. The molecule has 3 saturated carbocycles. The second-order valence-corrected chi connectivity index (χ2v) is 8.72. The van der Waals surface area contributed by atoms with Gasteiger partial charge in [0.25, 0.3) is 5.91 Å². The number of amides is 2. The third-order valence-electron chi connectivity index (χ3n) is 6.29. The summed E-state index contributed by atoms with van der Waals surface area (Å²) in [6, 6.07) is 11.0. The number of aryl methyl sites for hydroxylation is 1. The van der Waals surface area contributed by atoms with Crippen LogP contribution in [0.1, 0.15) is 42.1 Å². The summed E-state index contributed by atoms with van der Waals surface area (Å²) in [6.45, 7) is 3.79. The largest absolute Gasteiger partial charge is 0.347 e. The molecule has 0 saturated heterocycles. The van der Waals surface area contributed by atoms with Crippen molar-refractivity contribution in [3.8, 4) is 0 Å². The smallest absolute Gasteiger partial charge is 0.251 e. The predicted octanol–water partition coefficient (Wildman–Crippen LogP) is 4.71. The number of hydrogen-bond donors (Lipinski definition) is 2. The van der Waals surface area contributed by atoms with Gasteiger partial charge in [-0.15, -0.1) is 0 Å². The monoisotopic (exact) mass is 400 g/mol. The lowest BCUT2D eigenvalue weighted by Gasteiger charge is -2.72. The fraction of sp³-hybridized carbons (Fsp3) is 0.364. The summed E-state index contributed by atoms with van der Waals surface area (Å²) in [5, 5.41) is 6.63. The first-order valence-electron chi connectivity index (χ1n) is 9.37. The van der Waals surface area contributed by atoms with Crippen molar-refractivity contribution in [3.63, 3.8) is 0 Å². The zero-order chi connectivity index (χ0) is 20.1. The lowest BCUT2D eigenvalue weighted by molar-refractivity contribution is -0.184. The summed E-state index contributed by atoms with van der Waals surface area (Å²) in [7, 11) is 0. The zero-order valence-corrected chi connectivity index (χ0v) is 16.6. The molecule has 0 unspecified atom stereocenters. The molecule has 3 fully saturated rings. The van der Waals surface area contributed by atoms with Gasteiger partial charge in [0.2, 0.25) is 5.91 Å². The Bertz CT molecular complexity index is 938. The molecule has 1 atom stereocenters. The van der Waals surface area contributed by atoms with Gasteiger partial charge >= 0.3 is 0 Å². The molecule has 5 rings (SSSR count). The van der Waals surface area contributed by atoms with Crippen LogP contribution < -0.4 is 10.6 Å². The van der Waals surface area contributed by atoms with E-state index in [0.29, 0.717) is 16.3 Å². The van der Waals surface area contributed by atoms with Gasteiger partial charge in [-0.25, -0.2) is 4.39 Å². The maximum atomic E-state index is 13.0. The average molecular weight is 401 g/mol. The van der Waals surface area contributed by atoms with Gasteiger partial charge in [0, 0.05) is 27.7 Å². The Kier molecular flexibility index (Phi) is 4.46. The molecular formula is C22H22ClFN2O2. The molecule has 3 aliphatic carbocycles. The number of benzene rings is 2. The Labute approximate surface area is 168 Å². The van der Waals surface area contributed by atoms with E-state index in [4.69, 9.17) is 11.6 Å². The number of carbonyl (C=O) groups is 2. The van der Waals surface area contributed by atoms with E-state index in [0.717, 1.165) is 24.8 Å². The van der Waals surface area contributed by atoms with Crippen molar-refractivity contribution in [2.24, 2.45) is 11.3 Å². The second kappa shape index (κ2) is 6.59. The molecule has 6 heteroatoms. The van der Waals surface area contributed by atoms with E-state index >= 15 is 0 Å². The van der Waals surface area contributed by atoms with Crippen molar-refractivity contribution in [2.45, 2.75) is 38.6 Å². The van der Waals surface area contributed by atoms with Crippen LogP contribution >= 0.6 is 11.6 Å². The summed E-state index contributed by atoms with van der Waals surface area (Å²) < 4.78 is 13.0. The highest BCUT2D eigenvalue weighted by molar-refractivity contribution is 6.31. The molecule has 2 amide bonds. The maximum absolute atomic E-state index is 13.0. The Balaban J connectivity index is 1.34. The van der Waals surface area contributed by atoms with Crippen molar-refractivity contribution < 1.29 is 14.0 Å². The summed E-state index contributed by atoms with van der Waals surface area (Å²) >= 11 is 6.03. The Morgan fingerprint density at radius 2 is 1.75 bits per heavy atom. The van der Waals surface area contributed by atoms with Crippen LogP contribution in [0.15, 0.2) is 42.5 Å². The molecular weight excluding hydrogens is 379 g/mol. The van der Waals surface area contributed by atoms with Gasteiger partial charge in [-0.1, -0.05) is 18.5 Å². The molecule has 2 N–H and O–H groups in total. The fourth-order valence-electron chi connectivity index (χ4n) is 4.62. The Morgan fingerprint density at radius 1 is 1.11 bits per heavy atom. The summed E-state index contributed by atoms with van der Waals surface area (Å²) in [5.41, 5.74) is 1.80. The summed E-state index contributed by atoms with van der Waals surface area (Å²) in [5.74, 6) is -0.677. The van der Waals surface area contributed by atoms with Gasteiger partial charge < -0.3 is 10.6 Å². The van der Waals surface area contributed by atoms with Crippen LogP contribution in [0.2, 0.25) is 5.02 Å². The summed E-state index contributed by atoms with van der Waals surface area (Å²) in [4.78, 5) is 25.1. The van der Waals surface area contributed by atoms with E-state index < -0.39 is 0 Å². The molecule has 0 spiro atoms. The zero-order valence-electron chi connectivity index (χ0n) is 15.8. The van der Waals surface area contributed by atoms with Gasteiger partial charge in [0.05, 0.1) is 0 Å². The summed E-state index contributed by atoms with van der Waals surface area (Å²) in [6.07, 6.45) is 2.41. The Morgan fingerprint density at radius 3 is 2.36 bits per heavy atom. The second-order valence-electron chi connectivity index (χ2n) is 8.31. The highest BCUT2D eigenvalue weighted by Gasteiger charge is 2.71. The minimum absolute atomic E-state index is 0.0622. The van der Waals surface area contributed by atoms with Crippen LogP contribution in [0.3, 0.4) is 0 Å². The standard InChI is InChI=1S/C22H22ClFN2O2/c1-13-9-15(3-8-18(13)23)20(28)26-22-10-21(11-22,12-22)14(2)19(27)25-17-6-4-16(24)5-7-17/h3-9,14H,10-12H2,1-2H3,(H,25,27)(H,26,28)/t14-,21?,22?/m0/s1. The highest BCUT2D eigenvalue weighted by Crippen LogP contribution is 2.70. The van der Waals surface area contributed by atoms with Crippen molar-refractivity contribution in [1.29, 1.82) is 0 Å². The van der Waals surface area contributed by atoms with Crippen LogP contribution in [0.4, 0.5) is 10.1 Å². The molecule has 2 aromatic rings. The van der Waals surface area contributed by atoms with E-state index in [1.165, 1.54) is 12.1 Å². The highest BCUT2D eigenvalue weighted by atomic mass is 35.5. The number of rotatable bonds is 5. The first-order valence-corrected chi connectivity index (χ1v) is 9.75.